The average molecular weight is 328 g/mol. The van der Waals surface area contributed by atoms with Gasteiger partial charge in [-0.15, -0.1) is 12.4 Å². The summed E-state index contributed by atoms with van der Waals surface area (Å²) >= 11 is 0. The van der Waals surface area contributed by atoms with Crippen LogP contribution in [0.1, 0.15) is 12.8 Å². The molecule has 0 amide bonds. The normalized spacial score (nSPS) is 18.6. The predicted octanol–water partition coefficient (Wildman–Crippen LogP) is 1.69. The Labute approximate surface area is 130 Å². The van der Waals surface area contributed by atoms with E-state index >= 15 is 0 Å². The van der Waals surface area contributed by atoms with Crippen LogP contribution in [0, 0.1) is 0 Å². The second-order valence-corrected chi connectivity index (χ2v) is 6.71. The van der Waals surface area contributed by atoms with Gasteiger partial charge in [0.25, 0.3) is 0 Å². The highest BCUT2D eigenvalue weighted by Gasteiger charge is 2.21. The summed E-state index contributed by atoms with van der Waals surface area (Å²) in [6.45, 7) is 1.38. The fourth-order valence-corrected chi connectivity index (χ4v) is 3.77. The van der Waals surface area contributed by atoms with Crippen molar-refractivity contribution in [1.82, 2.24) is 15.0 Å². The summed E-state index contributed by atoms with van der Waals surface area (Å²) in [7, 11) is -3.53. The molecule has 1 saturated heterocycles. The molecule has 3 rings (SSSR count). The molecule has 1 unspecified atom stereocenters. The number of aromatic nitrogens is 1. The van der Waals surface area contributed by atoms with Crippen LogP contribution in [-0.2, 0) is 10.0 Å². The monoisotopic (exact) mass is 327 g/mol. The summed E-state index contributed by atoms with van der Waals surface area (Å²) in [5.41, 5.74) is 0.516. The molecule has 0 aliphatic carbocycles. The number of hydrogen-bond donors (Lipinski definition) is 2. The zero-order chi connectivity index (χ0) is 14.0. The first-order valence-electron chi connectivity index (χ1n) is 6.74. The van der Waals surface area contributed by atoms with Crippen molar-refractivity contribution in [2.24, 2.45) is 0 Å². The lowest BCUT2D eigenvalue weighted by Crippen LogP contribution is -2.37. The van der Waals surface area contributed by atoms with Gasteiger partial charge in [0.1, 0.15) is 4.90 Å². The van der Waals surface area contributed by atoms with Gasteiger partial charge in [0.15, 0.2) is 0 Å². The Hall–Kier alpha value is -1.21. The van der Waals surface area contributed by atoms with Crippen molar-refractivity contribution in [3.05, 3.63) is 36.5 Å². The summed E-state index contributed by atoms with van der Waals surface area (Å²) in [6, 6.07) is 9.09. The number of pyridine rings is 1. The van der Waals surface area contributed by atoms with Crippen molar-refractivity contribution >= 4 is 33.3 Å². The molecule has 21 heavy (non-hydrogen) atoms. The molecule has 1 atom stereocenters. The minimum absolute atomic E-state index is 0. The smallest absolute Gasteiger partial charge is 0.242 e. The molecule has 2 aromatic rings. The number of halogens is 1. The molecule has 1 aliphatic rings. The lowest BCUT2D eigenvalue weighted by atomic mass is 10.2. The summed E-state index contributed by atoms with van der Waals surface area (Å²) < 4.78 is 27.5. The molecular formula is C14H18ClN3O2S. The maximum Gasteiger partial charge on any atom is 0.242 e. The van der Waals surface area contributed by atoms with E-state index < -0.39 is 10.0 Å². The van der Waals surface area contributed by atoms with E-state index in [1.165, 1.54) is 0 Å². The van der Waals surface area contributed by atoms with Crippen LogP contribution < -0.4 is 10.0 Å². The number of sulfonamides is 1. The largest absolute Gasteiger partial charge is 0.313 e. The Morgan fingerprint density at radius 3 is 2.86 bits per heavy atom. The number of nitrogens with zero attached hydrogens (tertiary/aromatic N) is 1. The van der Waals surface area contributed by atoms with Gasteiger partial charge in [-0.2, -0.15) is 0 Å². The Bertz CT molecular complexity index is 710. The molecule has 5 nitrogen and oxygen atoms in total. The highest BCUT2D eigenvalue weighted by atomic mass is 35.5. The van der Waals surface area contributed by atoms with Gasteiger partial charge >= 0.3 is 0 Å². The van der Waals surface area contributed by atoms with Crippen molar-refractivity contribution in [2.45, 2.75) is 23.8 Å². The first-order valence-corrected chi connectivity index (χ1v) is 8.22. The fraction of sp³-hybridized carbons (Fsp3) is 0.357. The first kappa shape index (κ1) is 16.2. The lowest BCUT2D eigenvalue weighted by Gasteiger charge is -2.13. The molecule has 2 N–H and O–H groups in total. The SMILES string of the molecule is Cl.O=S(=O)(NCC1CCCN1)c1cccc2cccnc12. The molecule has 1 fully saturated rings. The Morgan fingerprint density at radius 1 is 1.29 bits per heavy atom. The first-order chi connectivity index (χ1) is 9.67. The quantitative estimate of drug-likeness (QED) is 0.896. The van der Waals surface area contributed by atoms with Gasteiger partial charge in [0, 0.05) is 24.2 Å². The minimum Gasteiger partial charge on any atom is -0.313 e. The van der Waals surface area contributed by atoms with E-state index in [0.29, 0.717) is 12.1 Å². The van der Waals surface area contributed by atoms with E-state index in [4.69, 9.17) is 0 Å². The maximum absolute atomic E-state index is 12.4. The van der Waals surface area contributed by atoms with Crippen LogP contribution in [0.5, 0.6) is 0 Å². The number of hydrogen-bond acceptors (Lipinski definition) is 4. The molecule has 1 aliphatic heterocycles. The molecule has 1 aromatic heterocycles. The van der Waals surface area contributed by atoms with Crippen molar-refractivity contribution < 1.29 is 8.42 Å². The van der Waals surface area contributed by atoms with Gasteiger partial charge in [0.2, 0.25) is 10.0 Å². The molecule has 2 heterocycles. The third-order valence-electron chi connectivity index (χ3n) is 3.57. The summed E-state index contributed by atoms with van der Waals surface area (Å²) in [5.74, 6) is 0. The van der Waals surface area contributed by atoms with E-state index in [-0.39, 0.29) is 23.3 Å². The van der Waals surface area contributed by atoms with Gasteiger partial charge in [-0.3, -0.25) is 4.98 Å². The second-order valence-electron chi connectivity index (χ2n) is 4.98. The topological polar surface area (TPSA) is 71.1 Å². The third-order valence-corrected chi connectivity index (χ3v) is 5.02. The second kappa shape index (κ2) is 6.70. The molecule has 0 radical (unpaired) electrons. The van der Waals surface area contributed by atoms with E-state index in [0.717, 1.165) is 24.8 Å². The number of rotatable bonds is 4. The molecule has 7 heteroatoms. The molecule has 0 bridgehead atoms. The maximum atomic E-state index is 12.4. The van der Waals surface area contributed by atoms with Crippen LogP contribution in [0.4, 0.5) is 0 Å². The number of nitrogens with one attached hydrogen (secondary N) is 2. The van der Waals surface area contributed by atoms with Crippen molar-refractivity contribution in [1.29, 1.82) is 0 Å². The van der Waals surface area contributed by atoms with Crippen LogP contribution in [0.15, 0.2) is 41.4 Å². The Morgan fingerprint density at radius 2 is 2.10 bits per heavy atom. The third kappa shape index (κ3) is 3.52. The highest BCUT2D eigenvalue weighted by Crippen LogP contribution is 2.20. The molecule has 1 aromatic carbocycles. The molecule has 0 spiro atoms. The van der Waals surface area contributed by atoms with Crippen molar-refractivity contribution in [2.75, 3.05) is 13.1 Å². The number of para-hydroxylation sites is 1. The zero-order valence-corrected chi connectivity index (χ0v) is 13.1. The van der Waals surface area contributed by atoms with Crippen LogP contribution in [0.25, 0.3) is 10.9 Å². The van der Waals surface area contributed by atoms with Crippen LogP contribution >= 0.6 is 12.4 Å². The van der Waals surface area contributed by atoms with Crippen molar-refractivity contribution in [3.8, 4) is 0 Å². The Balaban J connectivity index is 0.00000161. The fourth-order valence-electron chi connectivity index (χ4n) is 2.51. The van der Waals surface area contributed by atoms with E-state index in [9.17, 15) is 8.42 Å². The van der Waals surface area contributed by atoms with Gasteiger partial charge in [-0.25, -0.2) is 13.1 Å². The average Bonchev–Trinajstić information content (AvgIpc) is 2.98. The lowest BCUT2D eigenvalue weighted by molar-refractivity contribution is 0.552. The van der Waals surface area contributed by atoms with E-state index in [1.54, 1.807) is 24.4 Å². The van der Waals surface area contributed by atoms with Crippen LogP contribution in [0.2, 0.25) is 0 Å². The molecular weight excluding hydrogens is 310 g/mol. The van der Waals surface area contributed by atoms with Gasteiger partial charge in [-0.05, 0) is 31.5 Å². The van der Waals surface area contributed by atoms with Crippen molar-refractivity contribution in [3.63, 3.8) is 0 Å². The van der Waals surface area contributed by atoms with Gasteiger partial charge in [-0.1, -0.05) is 18.2 Å². The summed E-state index contributed by atoms with van der Waals surface area (Å²) in [5, 5.41) is 4.10. The highest BCUT2D eigenvalue weighted by molar-refractivity contribution is 7.89. The molecule has 0 saturated carbocycles. The Kier molecular flexibility index (Phi) is 5.16. The van der Waals surface area contributed by atoms with E-state index in [1.807, 2.05) is 12.1 Å². The minimum atomic E-state index is -3.53. The van der Waals surface area contributed by atoms with Gasteiger partial charge < -0.3 is 5.32 Å². The molecule has 114 valence electrons. The standard InChI is InChI=1S/C14H17N3O2S.ClH/c18-20(19,17-10-12-6-3-8-15-12)13-7-1-4-11-5-2-9-16-14(11)13;/h1-2,4-5,7,9,12,15,17H,3,6,8,10H2;1H. The van der Waals surface area contributed by atoms with Gasteiger partial charge in [0.05, 0.1) is 5.52 Å². The van der Waals surface area contributed by atoms with Crippen LogP contribution in [0.3, 0.4) is 0 Å². The summed E-state index contributed by atoms with van der Waals surface area (Å²) in [4.78, 5) is 4.44. The predicted molar refractivity (Wildman–Crippen MR) is 85.2 cm³/mol. The van der Waals surface area contributed by atoms with Crippen LogP contribution in [-0.4, -0.2) is 32.5 Å². The number of benzene rings is 1. The number of fused-ring (bicyclic) bond motifs is 1. The zero-order valence-electron chi connectivity index (χ0n) is 11.5. The summed E-state index contributed by atoms with van der Waals surface area (Å²) in [6.07, 6.45) is 3.72. The van der Waals surface area contributed by atoms with E-state index in [2.05, 4.69) is 15.0 Å².